The van der Waals surface area contributed by atoms with Crippen molar-refractivity contribution in [3.63, 3.8) is 0 Å². The summed E-state index contributed by atoms with van der Waals surface area (Å²) in [6.07, 6.45) is 3.62. The number of sulfonamides is 1. The van der Waals surface area contributed by atoms with Crippen molar-refractivity contribution in [3.05, 3.63) is 53.6 Å². The highest BCUT2D eigenvalue weighted by molar-refractivity contribution is 7.89. The van der Waals surface area contributed by atoms with E-state index >= 15 is 0 Å². The van der Waals surface area contributed by atoms with Gasteiger partial charge in [0, 0.05) is 56.0 Å². The maximum atomic E-state index is 12.8. The molecule has 7 heteroatoms. The van der Waals surface area contributed by atoms with Crippen molar-refractivity contribution < 1.29 is 8.42 Å². The molecule has 0 bridgehead atoms. The Labute approximate surface area is 148 Å². The summed E-state index contributed by atoms with van der Waals surface area (Å²) >= 11 is 0. The zero-order valence-corrected chi connectivity index (χ0v) is 15.1. The van der Waals surface area contributed by atoms with Gasteiger partial charge in [0.2, 0.25) is 10.0 Å². The number of rotatable bonds is 3. The predicted molar refractivity (Wildman–Crippen MR) is 94.6 cm³/mol. The van der Waals surface area contributed by atoms with E-state index in [9.17, 15) is 8.42 Å². The third kappa shape index (κ3) is 3.19. The van der Waals surface area contributed by atoms with Crippen LogP contribution in [0.3, 0.4) is 0 Å². The molecule has 2 aromatic rings. The van der Waals surface area contributed by atoms with Gasteiger partial charge in [-0.1, -0.05) is 18.2 Å². The van der Waals surface area contributed by atoms with Gasteiger partial charge in [0.25, 0.3) is 0 Å². The zero-order valence-electron chi connectivity index (χ0n) is 14.3. The van der Waals surface area contributed by atoms with E-state index in [-0.39, 0.29) is 5.92 Å². The maximum Gasteiger partial charge on any atom is 0.243 e. The zero-order chi connectivity index (χ0) is 17.4. The Balaban J connectivity index is 1.53. The number of nitrogens with zero attached hydrogens (tertiary/aromatic N) is 4. The van der Waals surface area contributed by atoms with Crippen LogP contribution in [-0.4, -0.2) is 54.3 Å². The molecule has 0 aliphatic carbocycles. The fourth-order valence-corrected chi connectivity index (χ4v) is 5.09. The lowest BCUT2D eigenvalue weighted by Crippen LogP contribution is -2.29. The van der Waals surface area contributed by atoms with Crippen LogP contribution in [0.2, 0.25) is 0 Å². The Hall–Kier alpha value is -1.83. The Kier molecular flexibility index (Phi) is 4.31. The molecule has 1 atom stereocenters. The summed E-state index contributed by atoms with van der Waals surface area (Å²) in [4.78, 5) is 11.9. The molecular weight excluding hydrogens is 336 g/mol. The van der Waals surface area contributed by atoms with Crippen LogP contribution in [0.4, 0.5) is 0 Å². The highest BCUT2D eigenvalue weighted by atomic mass is 32.2. The van der Waals surface area contributed by atoms with Crippen LogP contribution >= 0.6 is 0 Å². The van der Waals surface area contributed by atoms with E-state index in [1.165, 1.54) is 5.56 Å². The first-order chi connectivity index (χ1) is 12.0. The Bertz CT molecular complexity index is 870. The van der Waals surface area contributed by atoms with Crippen molar-refractivity contribution in [2.45, 2.75) is 30.2 Å². The highest BCUT2D eigenvalue weighted by Crippen LogP contribution is 2.30. The number of hydrogen-bond acceptors (Lipinski definition) is 5. The molecule has 4 rings (SSSR count). The second-order valence-corrected chi connectivity index (χ2v) is 8.79. The van der Waals surface area contributed by atoms with E-state index in [1.54, 1.807) is 28.6 Å². The second-order valence-electron chi connectivity index (χ2n) is 6.85. The normalized spacial score (nSPS) is 22.0. The van der Waals surface area contributed by atoms with E-state index in [2.05, 4.69) is 16.9 Å². The van der Waals surface area contributed by atoms with Crippen molar-refractivity contribution in [3.8, 4) is 0 Å². The lowest BCUT2D eigenvalue weighted by molar-refractivity contribution is 0.308. The molecule has 0 saturated carbocycles. The van der Waals surface area contributed by atoms with E-state index in [1.807, 2.05) is 12.3 Å². The standard InChI is InChI=1S/C18H22N4O2S/c1-21-9-8-17-15(12-21)11-19-18(20-17)14-7-10-22(13-14)25(23,24)16-5-3-2-4-6-16/h2-6,11,14H,7-10,12-13H2,1H3/t14-/m1/s1. The molecule has 0 radical (unpaired) electrons. The fourth-order valence-electron chi connectivity index (χ4n) is 3.57. The third-order valence-corrected chi connectivity index (χ3v) is 6.92. The SMILES string of the molecule is CN1CCc2nc([C@@H]3CCN(S(=O)(=O)c4ccccc4)C3)ncc2C1. The van der Waals surface area contributed by atoms with E-state index in [4.69, 9.17) is 4.98 Å². The molecule has 6 nitrogen and oxygen atoms in total. The van der Waals surface area contributed by atoms with Crippen LogP contribution in [0.15, 0.2) is 41.4 Å². The van der Waals surface area contributed by atoms with Crippen LogP contribution in [0, 0.1) is 0 Å². The van der Waals surface area contributed by atoms with Crippen LogP contribution in [-0.2, 0) is 23.0 Å². The van der Waals surface area contributed by atoms with Crippen LogP contribution in [0.5, 0.6) is 0 Å². The smallest absolute Gasteiger partial charge is 0.243 e. The number of fused-ring (bicyclic) bond motifs is 1. The summed E-state index contributed by atoms with van der Waals surface area (Å²) < 4.78 is 27.1. The summed E-state index contributed by atoms with van der Waals surface area (Å²) in [5.41, 5.74) is 2.30. The predicted octanol–water partition coefficient (Wildman–Crippen LogP) is 1.64. The molecule has 2 aliphatic heterocycles. The van der Waals surface area contributed by atoms with Crippen molar-refractivity contribution in [2.24, 2.45) is 0 Å². The van der Waals surface area contributed by atoms with Gasteiger partial charge < -0.3 is 4.90 Å². The summed E-state index contributed by atoms with van der Waals surface area (Å²) in [6, 6.07) is 8.63. The largest absolute Gasteiger partial charge is 0.302 e. The molecule has 0 N–H and O–H groups in total. The minimum absolute atomic E-state index is 0.0726. The van der Waals surface area contributed by atoms with Gasteiger partial charge in [0.1, 0.15) is 5.82 Å². The quantitative estimate of drug-likeness (QED) is 0.835. The highest BCUT2D eigenvalue weighted by Gasteiger charge is 2.34. The average molecular weight is 358 g/mol. The second kappa shape index (κ2) is 6.48. The number of hydrogen-bond donors (Lipinski definition) is 0. The summed E-state index contributed by atoms with van der Waals surface area (Å²) in [5, 5.41) is 0. The van der Waals surface area contributed by atoms with Crippen molar-refractivity contribution in [1.82, 2.24) is 19.2 Å². The van der Waals surface area contributed by atoms with Crippen molar-refractivity contribution >= 4 is 10.0 Å². The van der Waals surface area contributed by atoms with Gasteiger partial charge in [-0.15, -0.1) is 0 Å². The molecular formula is C18H22N4O2S. The van der Waals surface area contributed by atoms with Gasteiger partial charge >= 0.3 is 0 Å². The molecule has 0 spiro atoms. The molecule has 3 heterocycles. The number of aromatic nitrogens is 2. The molecule has 132 valence electrons. The Morgan fingerprint density at radius 3 is 2.76 bits per heavy atom. The molecule has 2 aliphatic rings. The van der Waals surface area contributed by atoms with Gasteiger partial charge in [-0.3, -0.25) is 0 Å². The molecule has 0 unspecified atom stereocenters. The van der Waals surface area contributed by atoms with Gasteiger partial charge in [-0.05, 0) is 25.6 Å². The van der Waals surface area contributed by atoms with Gasteiger partial charge in [-0.2, -0.15) is 4.31 Å². The van der Waals surface area contributed by atoms with Crippen LogP contribution < -0.4 is 0 Å². The van der Waals surface area contributed by atoms with Gasteiger partial charge in [0.05, 0.1) is 4.90 Å². The Morgan fingerprint density at radius 1 is 1.16 bits per heavy atom. The fraction of sp³-hybridized carbons (Fsp3) is 0.444. The number of benzene rings is 1. The minimum Gasteiger partial charge on any atom is -0.302 e. The molecule has 1 aromatic carbocycles. The monoisotopic (exact) mass is 358 g/mol. The van der Waals surface area contributed by atoms with Crippen LogP contribution in [0.1, 0.15) is 29.4 Å². The molecule has 1 fully saturated rings. The molecule has 25 heavy (non-hydrogen) atoms. The van der Waals surface area contributed by atoms with E-state index < -0.39 is 10.0 Å². The van der Waals surface area contributed by atoms with Crippen LogP contribution in [0.25, 0.3) is 0 Å². The molecule has 1 saturated heterocycles. The first kappa shape index (κ1) is 16.6. The summed E-state index contributed by atoms with van der Waals surface area (Å²) in [5.74, 6) is 0.859. The van der Waals surface area contributed by atoms with E-state index in [0.29, 0.717) is 18.0 Å². The van der Waals surface area contributed by atoms with E-state index in [0.717, 1.165) is 37.4 Å². The van der Waals surface area contributed by atoms with Gasteiger partial charge in [0.15, 0.2) is 0 Å². The maximum absolute atomic E-state index is 12.8. The first-order valence-electron chi connectivity index (χ1n) is 8.62. The lowest BCUT2D eigenvalue weighted by atomic mass is 10.1. The topological polar surface area (TPSA) is 66.4 Å². The minimum atomic E-state index is -3.43. The average Bonchev–Trinajstić information content (AvgIpc) is 3.13. The summed E-state index contributed by atoms with van der Waals surface area (Å²) in [7, 11) is -1.34. The third-order valence-electron chi connectivity index (χ3n) is 5.04. The molecule has 0 amide bonds. The first-order valence-corrected chi connectivity index (χ1v) is 10.1. The number of likely N-dealkylation sites (N-methyl/N-ethyl adjacent to an activating group) is 1. The lowest BCUT2D eigenvalue weighted by Gasteiger charge is -2.24. The van der Waals surface area contributed by atoms with Crippen molar-refractivity contribution in [1.29, 1.82) is 0 Å². The molecule has 1 aromatic heterocycles. The Morgan fingerprint density at radius 2 is 1.96 bits per heavy atom. The van der Waals surface area contributed by atoms with Gasteiger partial charge in [-0.25, -0.2) is 18.4 Å². The summed E-state index contributed by atoms with van der Waals surface area (Å²) in [6.45, 7) is 2.86. The van der Waals surface area contributed by atoms with Crippen molar-refractivity contribution in [2.75, 3.05) is 26.7 Å².